The van der Waals surface area contributed by atoms with Gasteiger partial charge in [-0.05, 0) is 17.2 Å². The summed E-state index contributed by atoms with van der Waals surface area (Å²) in [5.74, 6) is 0.631. The van der Waals surface area contributed by atoms with E-state index in [1.807, 2.05) is 30.6 Å². The van der Waals surface area contributed by atoms with Crippen molar-refractivity contribution in [2.75, 3.05) is 12.4 Å². The van der Waals surface area contributed by atoms with Crippen LogP contribution in [0.5, 0.6) is 0 Å². The Labute approximate surface area is 107 Å². The molecule has 0 atom stereocenters. The quantitative estimate of drug-likeness (QED) is 0.648. The van der Waals surface area contributed by atoms with Crippen molar-refractivity contribution < 1.29 is 0 Å². The van der Waals surface area contributed by atoms with Crippen LogP contribution in [0.25, 0.3) is 11.1 Å². The van der Waals surface area contributed by atoms with Crippen molar-refractivity contribution in [3.8, 4) is 11.1 Å². The fourth-order valence-corrected chi connectivity index (χ4v) is 1.81. The average Bonchev–Trinajstić information content (AvgIpc) is 2.41. The molecule has 2 aromatic rings. The van der Waals surface area contributed by atoms with Gasteiger partial charge in [-0.1, -0.05) is 30.3 Å². The minimum Gasteiger partial charge on any atom is -0.311 e. The Morgan fingerprint density at radius 1 is 1.06 bits per heavy atom. The lowest BCUT2D eigenvalue weighted by atomic mass is 10.1. The van der Waals surface area contributed by atoms with Crippen LogP contribution < -0.4 is 5.32 Å². The lowest BCUT2D eigenvalue weighted by Gasteiger charge is -2.05. The first-order valence-electron chi connectivity index (χ1n) is 5.66. The molecule has 0 aliphatic rings. The Morgan fingerprint density at radius 3 is 2.65 bits per heavy atom. The van der Waals surface area contributed by atoms with E-state index >= 15 is 0 Å². The van der Waals surface area contributed by atoms with E-state index in [0.717, 1.165) is 18.7 Å². The number of hydrogen-bond donors (Lipinski definition) is 1. The van der Waals surface area contributed by atoms with E-state index in [-0.39, 0.29) is 0 Å². The molecule has 1 aromatic carbocycles. The monoisotopic (exact) mass is 246 g/mol. The molecule has 2 nitrogen and oxygen atoms in total. The molecule has 88 valence electrons. The van der Waals surface area contributed by atoms with Crippen molar-refractivity contribution in [3.63, 3.8) is 0 Å². The molecule has 0 aliphatic carbocycles. The fraction of sp³-hybridized carbons (Fsp3) is 0.214. The fourth-order valence-electron chi connectivity index (χ4n) is 1.67. The zero-order valence-electron chi connectivity index (χ0n) is 9.57. The first kappa shape index (κ1) is 12.1. The molecule has 1 heterocycles. The summed E-state index contributed by atoms with van der Waals surface area (Å²) in [6.45, 7) is 1.62. The molecule has 0 fully saturated rings. The molecule has 0 saturated heterocycles. The molecular formula is C14H15ClN2. The van der Waals surface area contributed by atoms with Crippen LogP contribution in [0.2, 0.25) is 0 Å². The summed E-state index contributed by atoms with van der Waals surface area (Å²) < 4.78 is 0. The standard InChI is InChI=1S/C14H15ClN2/c15-6-7-16-9-12-8-14(11-17-10-12)13-4-2-1-3-5-13/h1-5,8,10-11,16H,6-7,9H2. The molecule has 2 rings (SSSR count). The first-order chi connectivity index (χ1) is 8.40. The van der Waals surface area contributed by atoms with Gasteiger partial charge in [0.2, 0.25) is 0 Å². The highest BCUT2D eigenvalue weighted by Gasteiger charge is 1.99. The molecule has 0 aliphatic heterocycles. The topological polar surface area (TPSA) is 24.9 Å². The third-order valence-corrected chi connectivity index (χ3v) is 2.69. The predicted molar refractivity (Wildman–Crippen MR) is 72.1 cm³/mol. The highest BCUT2D eigenvalue weighted by molar-refractivity contribution is 6.18. The van der Waals surface area contributed by atoms with E-state index in [9.17, 15) is 0 Å². The maximum atomic E-state index is 5.62. The van der Waals surface area contributed by atoms with Gasteiger partial charge in [-0.15, -0.1) is 11.6 Å². The molecule has 17 heavy (non-hydrogen) atoms. The minimum atomic E-state index is 0.631. The molecule has 1 aromatic heterocycles. The summed E-state index contributed by atoms with van der Waals surface area (Å²) in [6, 6.07) is 12.4. The van der Waals surface area contributed by atoms with E-state index < -0.39 is 0 Å². The molecule has 0 radical (unpaired) electrons. The van der Waals surface area contributed by atoms with Crippen LogP contribution in [0.1, 0.15) is 5.56 Å². The Balaban J connectivity index is 2.12. The summed E-state index contributed by atoms with van der Waals surface area (Å²) in [4.78, 5) is 4.27. The first-order valence-corrected chi connectivity index (χ1v) is 6.19. The number of halogens is 1. The molecule has 0 amide bonds. The maximum Gasteiger partial charge on any atom is 0.0348 e. The molecule has 0 unspecified atom stereocenters. The van der Waals surface area contributed by atoms with Gasteiger partial charge in [-0.3, -0.25) is 4.98 Å². The number of hydrogen-bond acceptors (Lipinski definition) is 2. The average molecular weight is 247 g/mol. The molecular weight excluding hydrogens is 232 g/mol. The number of aromatic nitrogens is 1. The van der Waals surface area contributed by atoms with Crippen molar-refractivity contribution in [2.24, 2.45) is 0 Å². The normalized spacial score (nSPS) is 10.4. The van der Waals surface area contributed by atoms with Gasteiger partial charge in [0.1, 0.15) is 0 Å². The zero-order valence-corrected chi connectivity index (χ0v) is 10.3. The van der Waals surface area contributed by atoms with E-state index in [1.54, 1.807) is 0 Å². The highest BCUT2D eigenvalue weighted by atomic mass is 35.5. The van der Waals surface area contributed by atoms with Gasteiger partial charge in [0.05, 0.1) is 0 Å². The van der Waals surface area contributed by atoms with Crippen LogP contribution in [-0.4, -0.2) is 17.4 Å². The van der Waals surface area contributed by atoms with Gasteiger partial charge in [0.25, 0.3) is 0 Å². The maximum absolute atomic E-state index is 5.62. The smallest absolute Gasteiger partial charge is 0.0348 e. The Kier molecular flexibility index (Phi) is 4.54. The second kappa shape index (κ2) is 6.38. The van der Waals surface area contributed by atoms with Crippen molar-refractivity contribution >= 4 is 11.6 Å². The van der Waals surface area contributed by atoms with Crippen LogP contribution in [0.3, 0.4) is 0 Å². The van der Waals surface area contributed by atoms with Gasteiger partial charge in [-0.2, -0.15) is 0 Å². The molecule has 0 saturated carbocycles. The summed E-state index contributed by atoms with van der Waals surface area (Å²) >= 11 is 5.62. The van der Waals surface area contributed by atoms with Crippen molar-refractivity contribution in [1.29, 1.82) is 0 Å². The van der Waals surface area contributed by atoms with Gasteiger partial charge in [-0.25, -0.2) is 0 Å². The number of alkyl halides is 1. The second-order valence-corrected chi connectivity index (χ2v) is 4.19. The third kappa shape index (κ3) is 3.55. The summed E-state index contributed by atoms with van der Waals surface area (Å²) in [6.07, 6.45) is 3.77. The van der Waals surface area contributed by atoms with Crippen molar-refractivity contribution in [3.05, 3.63) is 54.4 Å². The van der Waals surface area contributed by atoms with Crippen LogP contribution in [0.4, 0.5) is 0 Å². The van der Waals surface area contributed by atoms with Crippen LogP contribution in [0.15, 0.2) is 48.8 Å². The predicted octanol–water partition coefficient (Wildman–Crippen LogP) is 3.08. The number of rotatable bonds is 5. The Bertz CT molecular complexity index is 457. The SMILES string of the molecule is ClCCNCc1cncc(-c2ccccc2)c1. The summed E-state index contributed by atoms with van der Waals surface area (Å²) in [5, 5.41) is 3.26. The molecule has 0 bridgehead atoms. The van der Waals surface area contributed by atoms with E-state index in [1.165, 1.54) is 11.1 Å². The lowest BCUT2D eigenvalue weighted by Crippen LogP contribution is -2.15. The number of nitrogens with one attached hydrogen (secondary N) is 1. The van der Waals surface area contributed by atoms with E-state index in [0.29, 0.717) is 5.88 Å². The lowest BCUT2D eigenvalue weighted by molar-refractivity contribution is 0.728. The van der Waals surface area contributed by atoms with Crippen molar-refractivity contribution in [1.82, 2.24) is 10.3 Å². The van der Waals surface area contributed by atoms with Gasteiger partial charge < -0.3 is 5.32 Å². The Morgan fingerprint density at radius 2 is 1.88 bits per heavy atom. The van der Waals surface area contributed by atoms with Gasteiger partial charge in [0.15, 0.2) is 0 Å². The minimum absolute atomic E-state index is 0.631. The molecule has 0 spiro atoms. The van der Waals surface area contributed by atoms with Crippen molar-refractivity contribution in [2.45, 2.75) is 6.54 Å². The third-order valence-electron chi connectivity index (χ3n) is 2.50. The van der Waals surface area contributed by atoms with Crippen LogP contribution >= 0.6 is 11.6 Å². The second-order valence-electron chi connectivity index (χ2n) is 3.81. The molecule has 1 N–H and O–H groups in total. The zero-order chi connectivity index (χ0) is 11.9. The van der Waals surface area contributed by atoms with Gasteiger partial charge in [0, 0.05) is 36.9 Å². The number of benzene rings is 1. The van der Waals surface area contributed by atoms with Crippen LogP contribution in [0, 0.1) is 0 Å². The summed E-state index contributed by atoms with van der Waals surface area (Å²) in [5.41, 5.74) is 3.52. The largest absolute Gasteiger partial charge is 0.311 e. The van der Waals surface area contributed by atoms with Crippen LogP contribution in [-0.2, 0) is 6.54 Å². The Hall–Kier alpha value is -1.38. The molecule has 3 heteroatoms. The van der Waals surface area contributed by atoms with E-state index in [2.05, 4.69) is 28.5 Å². The summed E-state index contributed by atoms with van der Waals surface area (Å²) in [7, 11) is 0. The highest BCUT2D eigenvalue weighted by Crippen LogP contribution is 2.18. The van der Waals surface area contributed by atoms with Gasteiger partial charge >= 0.3 is 0 Å². The van der Waals surface area contributed by atoms with E-state index in [4.69, 9.17) is 11.6 Å². The number of pyridine rings is 1. The number of nitrogens with zero attached hydrogens (tertiary/aromatic N) is 1.